The molecule has 1 atom stereocenters. The molecule has 0 aliphatic carbocycles. The Morgan fingerprint density at radius 2 is 2.00 bits per heavy atom. The molecule has 1 unspecified atom stereocenters. The molecule has 4 nitrogen and oxygen atoms in total. The minimum atomic E-state index is -0.711. The van der Waals surface area contributed by atoms with Gasteiger partial charge >= 0.3 is 0 Å². The lowest BCUT2D eigenvalue weighted by Gasteiger charge is -2.26. The Labute approximate surface area is 79.9 Å². The van der Waals surface area contributed by atoms with Gasteiger partial charge in [-0.3, -0.25) is 0 Å². The van der Waals surface area contributed by atoms with Crippen LogP contribution in [0.1, 0.15) is 20.8 Å². The summed E-state index contributed by atoms with van der Waals surface area (Å²) in [7, 11) is 0. The predicted molar refractivity (Wildman–Crippen MR) is 51.7 cm³/mol. The van der Waals surface area contributed by atoms with Crippen molar-refractivity contribution in [3.05, 3.63) is 0 Å². The van der Waals surface area contributed by atoms with E-state index in [1.807, 2.05) is 6.92 Å². The summed E-state index contributed by atoms with van der Waals surface area (Å²) in [6.07, 6.45) is 0. The Morgan fingerprint density at radius 3 is 2.46 bits per heavy atom. The average molecular weight is 191 g/mol. The first-order valence-electron chi connectivity index (χ1n) is 4.63. The molecule has 0 aliphatic heterocycles. The van der Waals surface area contributed by atoms with E-state index in [2.05, 4.69) is 5.32 Å². The van der Waals surface area contributed by atoms with Crippen molar-refractivity contribution < 1.29 is 14.9 Å². The monoisotopic (exact) mass is 191 g/mol. The summed E-state index contributed by atoms with van der Waals surface area (Å²) in [4.78, 5) is 0. The van der Waals surface area contributed by atoms with Gasteiger partial charge in [0, 0.05) is 12.6 Å². The third kappa shape index (κ3) is 6.95. The molecular formula is C9H21NO3. The Balaban J connectivity index is 3.32. The molecule has 0 heterocycles. The number of nitrogens with one attached hydrogen (secondary N) is 1. The maximum Gasteiger partial charge on any atom is 0.0741 e. The molecule has 0 fully saturated rings. The first kappa shape index (κ1) is 12.8. The van der Waals surface area contributed by atoms with Crippen molar-refractivity contribution in [3.63, 3.8) is 0 Å². The number of ether oxygens (including phenoxy) is 1. The van der Waals surface area contributed by atoms with Crippen LogP contribution in [0.3, 0.4) is 0 Å². The van der Waals surface area contributed by atoms with Gasteiger partial charge < -0.3 is 20.3 Å². The maximum atomic E-state index is 9.55. The van der Waals surface area contributed by atoms with E-state index in [9.17, 15) is 5.11 Å². The molecule has 13 heavy (non-hydrogen) atoms. The van der Waals surface area contributed by atoms with Crippen LogP contribution in [0.15, 0.2) is 0 Å². The number of hydrogen-bond acceptors (Lipinski definition) is 4. The molecule has 0 aromatic rings. The van der Waals surface area contributed by atoms with Crippen LogP contribution in [0.4, 0.5) is 0 Å². The molecule has 3 N–H and O–H groups in total. The molecule has 0 bridgehead atoms. The van der Waals surface area contributed by atoms with E-state index in [0.29, 0.717) is 19.8 Å². The van der Waals surface area contributed by atoms with E-state index in [1.165, 1.54) is 0 Å². The Hall–Kier alpha value is -0.160. The first-order chi connectivity index (χ1) is 5.98. The largest absolute Gasteiger partial charge is 0.394 e. The predicted octanol–water partition coefficient (Wildman–Crippen LogP) is -0.256. The third-order valence-electron chi connectivity index (χ3n) is 1.99. The van der Waals surface area contributed by atoms with E-state index in [-0.39, 0.29) is 12.6 Å². The second-order valence-electron chi connectivity index (χ2n) is 3.67. The van der Waals surface area contributed by atoms with Gasteiger partial charge in [0.25, 0.3) is 0 Å². The van der Waals surface area contributed by atoms with E-state index >= 15 is 0 Å². The standard InChI is InChI=1S/C9H21NO3/c1-8(9(2,3)12)10-4-6-13-7-5-11/h8,10-12H,4-7H2,1-3H3. The molecule has 0 spiro atoms. The highest BCUT2D eigenvalue weighted by Crippen LogP contribution is 2.06. The zero-order valence-electron chi connectivity index (χ0n) is 8.71. The van der Waals surface area contributed by atoms with Gasteiger partial charge in [-0.25, -0.2) is 0 Å². The fraction of sp³-hybridized carbons (Fsp3) is 1.00. The topological polar surface area (TPSA) is 61.7 Å². The second kappa shape index (κ2) is 6.32. The van der Waals surface area contributed by atoms with Crippen molar-refractivity contribution in [2.45, 2.75) is 32.4 Å². The normalized spacial score (nSPS) is 14.5. The summed E-state index contributed by atoms with van der Waals surface area (Å²) in [6, 6.07) is 0.0326. The SMILES string of the molecule is CC(NCCOCCO)C(C)(C)O. The fourth-order valence-corrected chi connectivity index (χ4v) is 0.764. The summed E-state index contributed by atoms with van der Waals surface area (Å²) in [6.45, 7) is 7.12. The molecule has 0 amide bonds. The number of aliphatic hydroxyl groups is 2. The zero-order chi connectivity index (χ0) is 10.3. The lowest BCUT2D eigenvalue weighted by Crippen LogP contribution is -2.45. The quantitative estimate of drug-likeness (QED) is 0.485. The Bertz CT molecular complexity index is 123. The molecule has 0 aromatic carbocycles. The third-order valence-corrected chi connectivity index (χ3v) is 1.99. The highest BCUT2D eigenvalue weighted by molar-refractivity contribution is 4.79. The van der Waals surface area contributed by atoms with Crippen LogP contribution in [-0.2, 0) is 4.74 Å². The zero-order valence-corrected chi connectivity index (χ0v) is 8.71. The van der Waals surface area contributed by atoms with Crippen LogP contribution in [0.2, 0.25) is 0 Å². The Morgan fingerprint density at radius 1 is 1.38 bits per heavy atom. The van der Waals surface area contributed by atoms with E-state index in [0.717, 1.165) is 0 Å². The van der Waals surface area contributed by atoms with Crippen molar-refractivity contribution in [3.8, 4) is 0 Å². The van der Waals surface area contributed by atoms with Gasteiger partial charge in [0.15, 0.2) is 0 Å². The van der Waals surface area contributed by atoms with Gasteiger partial charge in [0.1, 0.15) is 0 Å². The lowest BCUT2D eigenvalue weighted by molar-refractivity contribution is 0.0377. The molecule has 0 aromatic heterocycles. The van der Waals surface area contributed by atoms with E-state index in [4.69, 9.17) is 9.84 Å². The van der Waals surface area contributed by atoms with Gasteiger partial charge in [-0.05, 0) is 20.8 Å². The van der Waals surface area contributed by atoms with Crippen molar-refractivity contribution in [1.29, 1.82) is 0 Å². The van der Waals surface area contributed by atoms with Gasteiger partial charge in [-0.1, -0.05) is 0 Å². The Kier molecular flexibility index (Phi) is 6.24. The van der Waals surface area contributed by atoms with Crippen LogP contribution < -0.4 is 5.32 Å². The summed E-state index contributed by atoms with van der Waals surface area (Å²) in [5.74, 6) is 0. The van der Waals surface area contributed by atoms with Gasteiger partial charge in [-0.15, -0.1) is 0 Å². The minimum Gasteiger partial charge on any atom is -0.394 e. The summed E-state index contributed by atoms with van der Waals surface area (Å²) in [5.41, 5.74) is -0.711. The van der Waals surface area contributed by atoms with E-state index in [1.54, 1.807) is 13.8 Å². The molecule has 4 heteroatoms. The molecule has 0 saturated heterocycles. The highest BCUT2D eigenvalue weighted by Gasteiger charge is 2.20. The van der Waals surface area contributed by atoms with Gasteiger partial charge in [0.05, 0.1) is 25.4 Å². The number of rotatable bonds is 7. The lowest BCUT2D eigenvalue weighted by atomic mass is 10.0. The molecular weight excluding hydrogens is 170 g/mol. The first-order valence-corrected chi connectivity index (χ1v) is 4.63. The van der Waals surface area contributed by atoms with Crippen molar-refractivity contribution in [2.75, 3.05) is 26.4 Å². The van der Waals surface area contributed by atoms with Crippen molar-refractivity contribution >= 4 is 0 Å². The van der Waals surface area contributed by atoms with Crippen LogP contribution >= 0.6 is 0 Å². The molecule has 0 saturated carbocycles. The number of hydrogen-bond donors (Lipinski definition) is 3. The number of aliphatic hydroxyl groups excluding tert-OH is 1. The van der Waals surface area contributed by atoms with Crippen molar-refractivity contribution in [2.24, 2.45) is 0 Å². The average Bonchev–Trinajstić information content (AvgIpc) is 2.02. The van der Waals surface area contributed by atoms with Gasteiger partial charge in [-0.2, -0.15) is 0 Å². The van der Waals surface area contributed by atoms with Crippen molar-refractivity contribution in [1.82, 2.24) is 5.32 Å². The highest BCUT2D eigenvalue weighted by atomic mass is 16.5. The molecule has 0 radical (unpaired) electrons. The summed E-state index contributed by atoms with van der Waals surface area (Å²) in [5, 5.41) is 21.1. The smallest absolute Gasteiger partial charge is 0.0741 e. The minimum absolute atomic E-state index is 0.0326. The van der Waals surface area contributed by atoms with Crippen LogP contribution in [0, 0.1) is 0 Å². The summed E-state index contributed by atoms with van der Waals surface area (Å²) < 4.78 is 5.05. The van der Waals surface area contributed by atoms with Crippen LogP contribution in [0.5, 0.6) is 0 Å². The van der Waals surface area contributed by atoms with Crippen LogP contribution in [0.25, 0.3) is 0 Å². The van der Waals surface area contributed by atoms with Crippen LogP contribution in [-0.4, -0.2) is 48.2 Å². The maximum absolute atomic E-state index is 9.55. The fourth-order valence-electron chi connectivity index (χ4n) is 0.764. The van der Waals surface area contributed by atoms with E-state index < -0.39 is 5.60 Å². The molecule has 0 aliphatic rings. The second-order valence-corrected chi connectivity index (χ2v) is 3.67. The summed E-state index contributed by atoms with van der Waals surface area (Å²) >= 11 is 0. The van der Waals surface area contributed by atoms with Gasteiger partial charge in [0.2, 0.25) is 0 Å². The molecule has 80 valence electrons. The molecule has 0 rings (SSSR count).